The van der Waals surface area contributed by atoms with Gasteiger partial charge >= 0.3 is 0 Å². The Morgan fingerprint density at radius 3 is 2.50 bits per heavy atom. The molecule has 4 rings (SSSR count). The predicted molar refractivity (Wildman–Crippen MR) is 135 cm³/mol. The lowest BCUT2D eigenvalue weighted by Gasteiger charge is -2.47. The van der Waals surface area contributed by atoms with E-state index in [1.54, 1.807) is 21.2 Å². The topological polar surface area (TPSA) is 73.0 Å². The second-order valence-corrected chi connectivity index (χ2v) is 12.0. The van der Waals surface area contributed by atoms with Crippen molar-refractivity contribution >= 4 is 40.7 Å². The van der Waals surface area contributed by atoms with Crippen LogP contribution in [-0.4, -0.2) is 76.8 Å². The molecule has 3 aliphatic heterocycles. The Kier molecular flexibility index (Phi) is 7.89. The van der Waals surface area contributed by atoms with Crippen molar-refractivity contribution in [2.24, 2.45) is 17.8 Å². The Morgan fingerprint density at radius 1 is 1.21 bits per heavy atom. The molecule has 0 bridgehead atoms. The average Bonchev–Trinajstić information content (AvgIpc) is 3.35. The summed E-state index contributed by atoms with van der Waals surface area (Å²) in [5.74, 6) is 0.467. The van der Waals surface area contributed by atoms with Crippen molar-refractivity contribution in [3.63, 3.8) is 0 Å². The first-order valence-electron chi connectivity index (χ1n) is 12.6. The predicted octanol–water partition coefficient (Wildman–Crippen LogP) is 3.68. The molecule has 3 aliphatic rings. The molecule has 1 aromatic rings. The zero-order valence-electron chi connectivity index (χ0n) is 20.6. The lowest BCUT2D eigenvalue weighted by atomic mass is 9.91. The van der Waals surface area contributed by atoms with Crippen molar-refractivity contribution in [1.82, 2.24) is 20.0 Å². The number of thiophene rings is 1. The smallest absolute Gasteiger partial charge is 0.257 e. The Bertz CT molecular complexity index is 916. The van der Waals surface area contributed by atoms with E-state index in [0.717, 1.165) is 32.4 Å². The van der Waals surface area contributed by atoms with E-state index < -0.39 is 18.2 Å². The third-order valence-electron chi connectivity index (χ3n) is 7.63. The van der Waals surface area contributed by atoms with Crippen molar-refractivity contribution in [2.75, 3.05) is 26.2 Å². The summed E-state index contributed by atoms with van der Waals surface area (Å²) in [4.78, 5) is 46.8. The first-order chi connectivity index (χ1) is 16.2. The van der Waals surface area contributed by atoms with Gasteiger partial charge in [-0.2, -0.15) is 0 Å². The maximum atomic E-state index is 13.8. The van der Waals surface area contributed by atoms with Crippen LogP contribution in [0.5, 0.6) is 0 Å². The SMILES string of the molecule is CCC(C)[C@H]1C(=O)N(CC2CCNCC2)CC2N1C(=O)[C@H](CC(C)C)N2C(=O)c1csc(Cl)c1. The highest BCUT2D eigenvalue weighted by Crippen LogP contribution is 2.37. The van der Waals surface area contributed by atoms with Gasteiger partial charge in [-0.05, 0) is 56.2 Å². The summed E-state index contributed by atoms with van der Waals surface area (Å²) in [7, 11) is 0. The van der Waals surface area contributed by atoms with E-state index in [-0.39, 0.29) is 29.6 Å². The molecule has 4 atom stereocenters. The summed E-state index contributed by atoms with van der Waals surface area (Å²) in [6.07, 6.45) is 3.00. The zero-order chi connectivity index (χ0) is 24.6. The van der Waals surface area contributed by atoms with Gasteiger partial charge in [0.15, 0.2) is 0 Å². The third-order valence-corrected chi connectivity index (χ3v) is 8.72. The lowest BCUT2D eigenvalue weighted by molar-refractivity contribution is -0.156. The van der Waals surface area contributed by atoms with Crippen LogP contribution in [0.3, 0.4) is 0 Å². The summed E-state index contributed by atoms with van der Waals surface area (Å²) in [6.45, 7) is 11.2. The van der Waals surface area contributed by atoms with E-state index in [4.69, 9.17) is 11.6 Å². The zero-order valence-corrected chi connectivity index (χ0v) is 22.2. The van der Waals surface area contributed by atoms with Gasteiger partial charge in [-0.3, -0.25) is 14.4 Å². The largest absolute Gasteiger partial charge is 0.337 e. The van der Waals surface area contributed by atoms with E-state index in [9.17, 15) is 14.4 Å². The van der Waals surface area contributed by atoms with Crippen LogP contribution in [0.1, 0.15) is 63.7 Å². The van der Waals surface area contributed by atoms with Gasteiger partial charge in [-0.25, -0.2) is 0 Å². The van der Waals surface area contributed by atoms with E-state index >= 15 is 0 Å². The monoisotopic (exact) mass is 508 g/mol. The van der Waals surface area contributed by atoms with Crippen LogP contribution in [0.25, 0.3) is 0 Å². The Balaban J connectivity index is 1.71. The molecular weight excluding hydrogens is 472 g/mol. The molecule has 0 spiro atoms. The number of amides is 3. The molecule has 1 aromatic heterocycles. The summed E-state index contributed by atoms with van der Waals surface area (Å²) in [6, 6.07) is 0.590. The average molecular weight is 509 g/mol. The fourth-order valence-electron chi connectivity index (χ4n) is 5.66. The van der Waals surface area contributed by atoms with E-state index in [2.05, 4.69) is 26.1 Å². The summed E-state index contributed by atoms with van der Waals surface area (Å²) < 4.78 is 0.551. The summed E-state index contributed by atoms with van der Waals surface area (Å²) in [5.41, 5.74) is 0.514. The maximum absolute atomic E-state index is 13.8. The fraction of sp³-hybridized carbons (Fsp3) is 0.720. The van der Waals surface area contributed by atoms with Gasteiger partial charge in [-0.1, -0.05) is 45.7 Å². The minimum atomic E-state index is -0.561. The highest BCUT2D eigenvalue weighted by Gasteiger charge is 2.57. The van der Waals surface area contributed by atoms with Gasteiger partial charge in [0.1, 0.15) is 18.2 Å². The maximum Gasteiger partial charge on any atom is 0.257 e. The molecular formula is C25H37ClN4O3S. The molecule has 188 valence electrons. The first-order valence-corrected chi connectivity index (χ1v) is 13.9. The van der Waals surface area contributed by atoms with Crippen LogP contribution >= 0.6 is 22.9 Å². The van der Waals surface area contributed by atoms with Crippen LogP contribution in [-0.2, 0) is 9.59 Å². The molecule has 3 saturated heterocycles. The highest BCUT2D eigenvalue weighted by atomic mass is 35.5. The first kappa shape index (κ1) is 25.5. The van der Waals surface area contributed by atoms with Crippen molar-refractivity contribution in [1.29, 1.82) is 0 Å². The van der Waals surface area contributed by atoms with E-state index in [1.165, 1.54) is 11.3 Å². The molecule has 0 saturated carbocycles. The normalized spacial score (nSPS) is 27.0. The molecule has 1 N–H and O–H groups in total. The van der Waals surface area contributed by atoms with Crippen molar-refractivity contribution in [3.05, 3.63) is 21.3 Å². The van der Waals surface area contributed by atoms with Gasteiger partial charge in [0.2, 0.25) is 11.8 Å². The lowest BCUT2D eigenvalue weighted by Crippen LogP contribution is -2.65. The number of fused-ring (bicyclic) bond motifs is 1. The summed E-state index contributed by atoms with van der Waals surface area (Å²) in [5, 5.41) is 5.15. The number of carbonyl (C=O) groups is 3. The molecule has 0 aromatic carbocycles. The van der Waals surface area contributed by atoms with Crippen LogP contribution in [0, 0.1) is 17.8 Å². The molecule has 4 heterocycles. The molecule has 7 nitrogen and oxygen atoms in total. The Morgan fingerprint density at radius 2 is 1.91 bits per heavy atom. The van der Waals surface area contributed by atoms with Gasteiger partial charge in [0, 0.05) is 11.9 Å². The van der Waals surface area contributed by atoms with E-state index in [0.29, 0.717) is 35.3 Å². The number of hydrogen-bond donors (Lipinski definition) is 1. The van der Waals surface area contributed by atoms with Gasteiger partial charge in [-0.15, -0.1) is 11.3 Å². The molecule has 0 radical (unpaired) electrons. The number of nitrogens with one attached hydrogen (secondary N) is 1. The number of nitrogens with zero attached hydrogens (tertiary/aromatic N) is 3. The van der Waals surface area contributed by atoms with Gasteiger partial charge < -0.3 is 20.0 Å². The highest BCUT2D eigenvalue weighted by molar-refractivity contribution is 7.14. The number of piperazine rings is 1. The minimum Gasteiger partial charge on any atom is -0.337 e. The second-order valence-electron chi connectivity index (χ2n) is 10.5. The van der Waals surface area contributed by atoms with Crippen molar-refractivity contribution in [3.8, 4) is 0 Å². The molecule has 2 unspecified atom stereocenters. The van der Waals surface area contributed by atoms with E-state index in [1.807, 2.05) is 11.8 Å². The standard InChI is InChI=1S/C25H37ClN4O3S/c1-5-16(4)22-25(33)28(12-17-6-8-27-9-7-17)13-21-29(23(31)18-11-20(26)34-14-18)19(10-15(2)3)24(32)30(21)22/h11,14-17,19,21-22,27H,5-10,12-13H2,1-4H3/t16?,19-,21?,22-/m0/s1. The second kappa shape index (κ2) is 10.5. The number of rotatable bonds is 7. The molecule has 3 fully saturated rings. The number of piperidine rings is 1. The van der Waals surface area contributed by atoms with Gasteiger partial charge in [0.05, 0.1) is 16.4 Å². The Labute approximate surface area is 211 Å². The molecule has 0 aliphatic carbocycles. The van der Waals surface area contributed by atoms with Crippen LogP contribution in [0.15, 0.2) is 11.4 Å². The van der Waals surface area contributed by atoms with Crippen molar-refractivity contribution in [2.45, 2.75) is 71.6 Å². The van der Waals surface area contributed by atoms with Crippen LogP contribution < -0.4 is 5.32 Å². The quantitative estimate of drug-likeness (QED) is 0.609. The van der Waals surface area contributed by atoms with Crippen molar-refractivity contribution < 1.29 is 14.4 Å². The molecule has 3 amide bonds. The van der Waals surface area contributed by atoms with Crippen LogP contribution in [0.2, 0.25) is 4.34 Å². The number of halogens is 1. The van der Waals surface area contributed by atoms with Crippen LogP contribution in [0.4, 0.5) is 0 Å². The fourth-order valence-corrected chi connectivity index (χ4v) is 6.52. The number of carbonyl (C=O) groups excluding carboxylic acids is 3. The number of hydrogen-bond acceptors (Lipinski definition) is 5. The van der Waals surface area contributed by atoms with Gasteiger partial charge in [0.25, 0.3) is 5.91 Å². The minimum absolute atomic E-state index is 0.0140. The Hall–Kier alpha value is -1.64. The summed E-state index contributed by atoms with van der Waals surface area (Å²) >= 11 is 7.46. The molecule has 9 heteroatoms. The molecule has 34 heavy (non-hydrogen) atoms. The third kappa shape index (κ3) is 4.86.